The number of nitrogens with zero attached hydrogens (tertiary/aromatic N) is 2. The fourth-order valence-electron chi connectivity index (χ4n) is 3.35. The molecule has 4 rings (SSSR count). The topological polar surface area (TPSA) is 79.2 Å². The van der Waals surface area contributed by atoms with Crippen LogP contribution in [0.5, 0.6) is 0 Å². The van der Waals surface area contributed by atoms with Gasteiger partial charge in [-0.2, -0.15) is 0 Å². The first-order chi connectivity index (χ1) is 15.0. The minimum absolute atomic E-state index is 0.131. The Kier molecular flexibility index (Phi) is 6.11. The lowest BCUT2D eigenvalue weighted by Gasteiger charge is -2.20. The number of H-pyrrole nitrogens is 1. The highest BCUT2D eigenvalue weighted by molar-refractivity contribution is 6.33. The number of aromatic amines is 1. The molecular formula is C23H19Cl2N3O3. The summed E-state index contributed by atoms with van der Waals surface area (Å²) in [4.78, 5) is 34.4. The molecular weight excluding hydrogens is 437 g/mol. The zero-order valence-corrected chi connectivity index (χ0v) is 18.2. The molecule has 6 nitrogen and oxygen atoms in total. The van der Waals surface area contributed by atoms with Gasteiger partial charge in [-0.3, -0.25) is 9.59 Å². The number of nitrogens with one attached hydrogen (secondary N) is 1. The lowest BCUT2D eigenvalue weighted by Crippen LogP contribution is -2.32. The summed E-state index contributed by atoms with van der Waals surface area (Å²) in [5, 5.41) is 1.47. The van der Waals surface area contributed by atoms with Gasteiger partial charge in [0.05, 0.1) is 22.5 Å². The van der Waals surface area contributed by atoms with Crippen molar-refractivity contribution in [3.8, 4) is 11.3 Å². The van der Waals surface area contributed by atoms with Gasteiger partial charge in [0.25, 0.3) is 11.5 Å². The predicted octanol–water partition coefficient (Wildman–Crippen LogP) is 5.54. The number of furan rings is 1. The molecule has 8 heteroatoms. The van der Waals surface area contributed by atoms with Gasteiger partial charge in [0.15, 0.2) is 5.76 Å². The summed E-state index contributed by atoms with van der Waals surface area (Å²) < 4.78 is 5.80. The number of amides is 1. The molecule has 2 aromatic heterocycles. The summed E-state index contributed by atoms with van der Waals surface area (Å²) in [6.45, 7) is 2.57. The minimum atomic E-state index is -0.297. The number of carbonyl (C=O) groups excluding carboxylic acids is 1. The van der Waals surface area contributed by atoms with Crippen molar-refractivity contribution in [1.29, 1.82) is 0 Å². The van der Waals surface area contributed by atoms with E-state index in [9.17, 15) is 9.59 Å². The molecule has 1 N–H and O–H groups in total. The largest absolute Gasteiger partial charge is 0.451 e. The second-order valence-corrected chi connectivity index (χ2v) is 7.89. The highest BCUT2D eigenvalue weighted by Crippen LogP contribution is 2.29. The van der Waals surface area contributed by atoms with Gasteiger partial charge in [-0.1, -0.05) is 42.3 Å². The number of rotatable bonds is 6. The van der Waals surface area contributed by atoms with E-state index < -0.39 is 0 Å². The molecule has 1 amide bonds. The summed E-state index contributed by atoms with van der Waals surface area (Å²) in [6, 6.07) is 15.5. The summed E-state index contributed by atoms with van der Waals surface area (Å²) in [7, 11) is 0. The lowest BCUT2D eigenvalue weighted by molar-refractivity contribution is 0.0707. The molecule has 0 spiro atoms. The van der Waals surface area contributed by atoms with E-state index in [1.807, 2.05) is 25.1 Å². The Morgan fingerprint density at radius 1 is 1.13 bits per heavy atom. The van der Waals surface area contributed by atoms with Crippen molar-refractivity contribution in [3.63, 3.8) is 0 Å². The Hall–Kier alpha value is -3.09. The average molecular weight is 456 g/mol. The van der Waals surface area contributed by atoms with Crippen LogP contribution in [0, 0.1) is 0 Å². The van der Waals surface area contributed by atoms with Gasteiger partial charge in [0.2, 0.25) is 0 Å². The molecule has 0 atom stereocenters. The molecule has 0 radical (unpaired) electrons. The first kappa shape index (κ1) is 21.2. The van der Waals surface area contributed by atoms with Gasteiger partial charge in [-0.05, 0) is 48.9 Å². The smallest absolute Gasteiger partial charge is 0.289 e. The van der Waals surface area contributed by atoms with Crippen molar-refractivity contribution in [2.45, 2.75) is 19.9 Å². The van der Waals surface area contributed by atoms with E-state index in [1.54, 1.807) is 41.3 Å². The van der Waals surface area contributed by atoms with Crippen molar-refractivity contribution in [2.75, 3.05) is 6.54 Å². The Morgan fingerprint density at radius 3 is 2.71 bits per heavy atom. The van der Waals surface area contributed by atoms with Gasteiger partial charge >= 0.3 is 0 Å². The van der Waals surface area contributed by atoms with Gasteiger partial charge in [0.1, 0.15) is 11.6 Å². The van der Waals surface area contributed by atoms with Crippen LogP contribution in [0.1, 0.15) is 29.7 Å². The summed E-state index contributed by atoms with van der Waals surface area (Å²) >= 11 is 12.3. The van der Waals surface area contributed by atoms with E-state index in [0.717, 1.165) is 6.42 Å². The van der Waals surface area contributed by atoms with Gasteiger partial charge in [-0.15, -0.1) is 0 Å². The van der Waals surface area contributed by atoms with Crippen molar-refractivity contribution < 1.29 is 9.21 Å². The fraction of sp³-hybridized carbons (Fsp3) is 0.174. The van der Waals surface area contributed by atoms with Crippen molar-refractivity contribution >= 4 is 40.0 Å². The Labute approximate surface area is 188 Å². The zero-order valence-electron chi connectivity index (χ0n) is 16.7. The highest BCUT2D eigenvalue weighted by atomic mass is 35.5. The van der Waals surface area contributed by atoms with Crippen LogP contribution < -0.4 is 5.56 Å². The maximum atomic E-state index is 13.1. The van der Waals surface area contributed by atoms with Crippen molar-refractivity contribution in [2.24, 2.45) is 0 Å². The number of fused-ring (bicyclic) bond motifs is 1. The zero-order chi connectivity index (χ0) is 22.0. The number of hydrogen-bond donors (Lipinski definition) is 1. The molecule has 2 heterocycles. The maximum Gasteiger partial charge on any atom is 0.289 e. The number of benzene rings is 2. The van der Waals surface area contributed by atoms with Crippen molar-refractivity contribution in [3.05, 3.63) is 86.6 Å². The quantitative estimate of drug-likeness (QED) is 0.413. The standard InChI is InChI=1S/C23H19Cl2N3O3/c1-2-11-28(13-21-26-18-12-14(24)7-8-16(18)22(29)27-21)23(30)20-10-9-19(31-20)15-5-3-4-6-17(15)25/h3-10,12H,2,11,13H2,1H3,(H,26,27,29). The predicted molar refractivity (Wildman–Crippen MR) is 122 cm³/mol. The molecule has 0 unspecified atom stereocenters. The van der Waals surface area contributed by atoms with E-state index in [0.29, 0.717) is 44.6 Å². The molecule has 2 aromatic carbocycles. The van der Waals surface area contributed by atoms with Crippen LogP contribution in [0.3, 0.4) is 0 Å². The van der Waals surface area contributed by atoms with Gasteiger partial charge in [0, 0.05) is 17.1 Å². The molecule has 0 aliphatic carbocycles. The van der Waals surface area contributed by atoms with Crippen LogP contribution in [0.15, 0.2) is 63.8 Å². The molecule has 0 aliphatic heterocycles. The molecule has 0 aliphatic rings. The molecule has 0 saturated heterocycles. The van der Waals surface area contributed by atoms with Crippen LogP contribution in [-0.4, -0.2) is 27.3 Å². The van der Waals surface area contributed by atoms with E-state index in [2.05, 4.69) is 9.97 Å². The monoisotopic (exact) mass is 455 g/mol. The molecule has 0 saturated carbocycles. The fourth-order valence-corrected chi connectivity index (χ4v) is 3.75. The Balaban J connectivity index is 1.62. The van der Waals surface area contributed by atoms with E-state index >= 15 is 0 Å². The van der Waals surface area contributed by atoms with Crippen LogP contribution in [0.2, 0.25) is 10.0 Å². The SMILES string of the molecule is CCCN(Cc1nc2cc(Cl)ccc2c(=O)[nH]1)C(=O)c1ccc(-c2ccccc2Cl)o1. The molecule has 31 heavy (non-hydrogen) atoms. The number of carbonyl (C=O) groups is 1. The average Bonchev–Trinajstić information content (AvgIpc) is 3.23. The summed E-state index contributed by atoms with van der Waals surface area (Å²) in [6.07, 6.45) is 0.730. The molecule has 0 fully saturated rings. The number of halogens is 2. The summed E-state index contributed by atoms with van der Waals surface area (Å²) in [5.41, 5.74) is 0.913. The molecule has 0 bridgehead atoms. The highest BCUT2D eigenvalue weighted by Gasteiger charge is 2.21. The maximum absolute atomic E-state index is 13.1. The van der Waals surface area contributed by atoms with E-state index in [4.69, 9.17) is 27.6 Å². The first-order valence-electron chi connectivity index (χ1n) is 9.78. The second kappa shape index (κ2) is 8.96. The Morgan fingerprint density at radius 2 is 1.94 bits per heavy atom. The van der Waals surface area contributed by atoms with Crippen LogP contribution >= 0.6 is 23.2 Å². The van der Waals surface area contributed by atoms with Crippen LogP contribution in [-0.2, 0) is 6.54 Å². The van der Waals surface area contributed by atoms with Gasteiger partial charge < -0.3 is 14.3 Å². The number of hydrogen-bond acceptors (Lipinski definition) is 4. The first-order valence-corrected chi connectivity index (χ1v) is 10.5. The summed E-state index contributed by atoms with van der Waals surface area (Å²) in [5.74, 6) is 0.778. The third-order valence-electron chi connectivity index (χ3n) is 4.80. The third-order valence-corrected chi connectivity index (χ3v) is 5.36. The molecule has 158 valence electrons. The second-order valence-electron chi connectivity index (χ2n) is 7.04. The number of aromatic nitrogens is 2. The van der Waals surface area contributed by atoms with E-state index in [1.165, 1.54) is 0 Å². The van der Waals surface area contributed by atoms with Crippen LogP contribution in [0.25, 0.3) is 22.2 Å². The van der Waals surface area contributed by atoms with Crippen LogP contribution in [0.4, 0.5) is 0 Å². The third kappa shape index (κ3) is 4.50. The molecule has 4 aromatic rings. The van der Waals surface area contributed by atoms with Gasteiger partial charge in [-0.25, -0.2) is 4.98 Å². The normalized spacial score (nSPS) is 11.1. The lowest BCUT2D eigenvalue weighted by atomic mass is 10.2. The minimum Gasteiger partial charge on any atom is -0.451 e. The van der Waals surface area contributed by atoms with Crippen molar-refractivity contribution in [1.82, 2.24) is 14.9 Å². The Bertz CT molecular complexity index is 1310. The van der Waals surface area contributed by atoms with E-state index in [-0.39, 0.29) is 23.8 Å².